The summed E-state index contributed by atoms with van der Waals surface area (Å²) in [6.45, 7) is 5.09. The van der Waals surface area contributed by atoms with E-state index >= 15 is 0 Å². The second-order valence-corrected chi connectivity index (χ2v) is 5.05. The highest BCUT2D eigenvalue weighted by Gasteiger charge is 2.16. The highest BCUT2D eigenvalue weighted by molar-refractivity contribution is 6.31. The van der Waals surface area contributed by atoms with Crippen LogP contribution >= 0.6 is 11.6 Å². The fourth-order valence-electron chi connectivity index (χ4n) is 2.47. The number of aryl methyl sites for hydroxylation is 1. The molecular formula is C12H19ClN2. The Kier molecular flexibility index (Phi) is 3.35. The van der Waals surface area contributed by atoms with Gasteiger partial charge in [0.1, 0.15) is 0 Å². The zero-order valence-electron chi connectivity index (χ0n) is 9.59. The number of hydrogen-bond donors (Lipinski definition) is 0. The lowest BCUT2D eigenvalue weighted by atomic mass is 9.89. The molecule has 1 aliphatic rings. The van der Waals surface area contributed by atoms with E-state index in [9.17, 15) is 0 Å². The van der Waals surface area contributed by atoms with Crippen molar-refractivity contribution in [3.8, 4) is 0 Å². The molecule has 0 spiro atoms. The van der Waals surface area contributed by atoms with Crippen molar-refractivity contribution < 1.29 is 0 Å². The second-order valence-electron chi connectivity index (χ2n) is 4.67. The van der Waals surface area contributed by atoms with Crippen LogP contribution in [0.3, 0.4) is 0 Å². The largest absolute Gasteiger partial charge is 0.268 e. The molecule has 0 radical (unpaired) electrons. The van der Waals surface area contributed by atoms with E-state index in [0.29, 0.717) is 0 Å². The van der Waals surface area contributed by atoms with Gasteiger partial charge in [0.05, 0.1) is 16.4 Å². The van der Waals surface area contributed by atoms with Crippen molar-refractivity contribution >= 4 is 11.6 Å². The van der Waals surface area contributed by atoms with Crippen LogP contribution in [0.1, 0.15) is 43.5 Å². The molecule has 1 aromatic rings. The molecule has 1 heterocycles. The minimum atomic E-state index is 0.813. The molecule has 2 rings (SSSR count). The fraction of sp³-hybridized carbons (Fsp3) is 0.750. The van der Waals surface area contributed by atoms with Crippen LogP contribution in [0.15, 0.2) is 0 Å². The molecule has 0 aliphatic heterocycles. The molecule has 1 fully saturated rings. The lowest BCUT2D eigenvalue weighted by molar-refractivity contribution is 0.305. The molecule has 0 aromatic carbocycles. The zero-order valence-corrected chi connectivity index (χ0v) is 10.3. The van der Waals surface area contributed by atoms with Crippen LogP contribution in [0.25, 0.3) is 0 Å². The molecule has 0 bridgehead atoms. The van der Waals surface area contributed by atoms with Gasteiger partial charge < -0.3 is 0 Å². The van der Waals surface area contributed by atoms with Gasteiger partial charge in [-0.05, 0) is 32.6 Å². The molecule has 0 atom stereocenters. The molecule has 0 N–H and O–H groups in total. The summed E-state index contributed by atoms with van der Waals surface area (Å²) < 4.78 is 2.09. The van der Waals surface area contributed by atoms with Crippen molar-refractivity contribution in [2.45, 2.75) is 52.5 Å². The molecule has 2 nitrogen and oxygen atoms in total. The summed E-state index contributed by atoms with van der Waals surface area (Å²) in [6.07, 6.45) is 6.90. The van der Waals surface area contributed by atoms with Crippen LogP contribution in [0, 0.1) is 19.8 Å². The minimum Gasteiger partial charge on any atom is -0.268 e. The third kappa shape index (κ3) is 2.36. The van der Waals surface area contributed by atoms with Gasteiger partial charge in [-0.3, -0.25) is 4.68 Å². The summed E-state index contributed by atoms with van der Waals surface area (Å²) in [6, 6.07) is 0. The fourth-order valence-corrected chi connectivity index (χ4v) is 2.60. The van der Waals surface area contributed by atoms with E-state index in [-0.39, 0.29) is 0 Å². The van der Waals surface area contributed by atoms with Crippen molar-refractivity contribution in [3.05, 3.63) is 16.4 Å². The topological polar surface area (TPSA) is 17.8 Å². The van der Waals surface area contributed by atoms with E-state index in [1.54, 1.807) is 0 Å². The summed E-state index contributed by atoms with van der Waals surface area (Å²) in [5, 5.41) is 5.33. The summed E-state index contributed by atoms with van der Waals surface area (Å²) in [7, 11) is 0. The van der Waals surface area contributed by atoms with E-state index in [2.05, 4.69) is 16.7 Å². The van der Waals surface area contributed by atoms with Crippen LogP contribution in [-0.2, 0) is 6.54 Å². The van der Waals surface area contributed by atoms with Crippen LogP contribution in [0.2, 0.25) is 5.02 Å². The summed E-state index contributed by atoms with van der Waals surface area (Å²) in [5.74, 6) is 0.813. The molecule has 0 amide bonds. The van der Waals surface area contributed by atoms with Gasteiger partial charge in [0.25, 0.3) is 0 Å². The highest BCUT2D eigenvalue weighted by atomic mass is 35.5. The maximum atomic E-state index is 6.13. The van der Waals surface area contributed by atoms with E-state index in [1.165, 1.54) is 32.1 Å². The molecule has 3 heteroatoms. The maximum Gasteiger partial charge on any atom is 0.0844 e. The Morgan fingerprint density at radius 2 is 1.93 bits per heavy atom. The van der Waals surface area contributed by atoms with Crippen molar-refractivity contribution in [2.75, 3.05) is 0 Å². The van der Waals surface area contributed by atoms with Gasteiger partial charge in [-0.1, -0.05) is 30.9 Å². The Balaban J connectivity index is 2.06. The van der Waals surface area contributed by atoms with E-state index in [4.69, 9.17) is 11.6 Å². The van der Waals surface area contributed by atoms with Gasteiger partial charge in [0, 0.05) is 6.54 Å². The molecule has 1 saturated carbocycles. The van der Waals surface area contributed by atoms with Crippen LogP contribution in [0.4, 0.5) is 0 Å². The Morgan fingerprint density at radius 1 is 1.27 bits per heavy atom. The maximum absolute atomic E-state index is 6.13. The predicted molar refractivity (Wildman–Crippen MR) is 63.3 cm³/mol. The zero-order chi connectivity index (χ0) is 10.8. The van der Waals surface area contributed by atoms with Gasteiger partial charge in [0.2, 0.25) is 0 Å². The molecule has 84 valence electrons. The third-order valence-electron chi connectivity index (χ3n) is 3.45. The second kappa shape index (κ2) is 4.56. The van der Waals surface area contributed by atoms with Crippen LogP contribution < -0.4 is 0 Å². The Hall–Kier alpha value is -0.500. The summed E-state index contributed by atoms with van der Waals surface area (Å²) in [5.41, 5.74) is 2.09. The number of nitrogens with zero attached hydrogens (tertiary/aromatic N) is 2. The Morgan fingerprint density at radius 3 is 2.47 bits per heavy atom. The SMILES string of the molecule is Cc1nn(CC2CCCCC2)c(C)c1Cl. The van der Waals surface area contributed by atoms with Crippen molar-refractivity contribution in [1.82, 2.24) is 9.78 Å². The first-order valence-electron chi connectivity index (χ1n) is 5.88. The molecular weight excluding hydrogens is 208 g/mol. The average Bonchev–Trinajstić information content (AvgIpc) is 2.48. The molecule has 15 heavy (non-hydrogen) atoms. The van der Waals surface area contributed by atoms with Crippen molar-refractivity contribution in [1.29, 1.82) is 0 Å². The quantitative estimate of drug-likeness (QED) is 0.752. The monoisotopic (exact) mass is 226 g/mol. The Labute approximate surface area is 96.6 Å². The summed E-state index contributed by atoms with van der Waals surface area (Å²) >= 11 is 6.13. The highest BCUT2D eigenvalue weighted by Crippen LogP contribution is 2.27. The van der Waals surface area contributed by atoms with Crippen molar-refractivity contribution in [3.63, 3.8) is 0 Å². The third-order valence-corrected chi connectivity index (χ3v) is 4.00. The standard InChI is InChI=1S/C12H19ClN2/c1-9-12(13)10(2)15(14-9)8-11-6-4-3-5-7-11/h11H,3-8H2,1-2H3. The number of hydrogen-bond acceptors (Lipinski definition) is 1. The normalized spacial score (nSPS) is 18.3. The minimum absolute atomic E-state index is 0.813. The van der Waals surface area contributed by atoms with E-state index in [0.717, 1.165) is 28.9 Å². The molecule has 1 aliphatic carbocycles. The van der Waals surface area contributed by atoms with Crippen molar-refractivity contribution in [2.24, 2.45) is 5.92 Å². The molecule has 0 unspecified atom stereocenters. The number of halogens is 1. The lowest BCUT2D eigenvalue weighted by Gasteiger charge is -2.21. The average molecular weight is 227 g/mol. The number of rotatable bonds is 2. The number of aromatic nitrogens is 2. The van der Waals surface area contributed by atoms with Gasteiger partial charge in [-0.2, -0.15) is 5.10 Å². The first-order chi connectivity index (χ1) is 7.18. The first kappa shape index (κ1) is 11.0. The van der Waals surface area contributed by atoms with Crippen LogP contribution in [-0.4, -0.2) is 9.78 Å². The van der Waals surface area contributed by atoms with Gasteiger partial charge in [-0.15, -0.1) is 0 Å². The smallest absolute Gasteiger partial charge is 0.0844 e. The van der Waals surface area contributed by atoms with E-state index in [1.807, 2.05) is 6.92 Å². The predicted octanol–water partition coefficient (Wildman–Crippen LogP) is 3.73. The van der Waals surface area contributed by atoms with Gasteiger partial charge >= 0.3 is 0 Å². The molecule has 1 aromatic heterocycles. The van der Waals surface area contributed by atoms with E-state index < -0.39 is 0 Å². The lowest BCUT2D eigenvalue weighted by Crippen LogP contribution is -2.16. The van der Waals surface area contributed by atoms with Gasteiger partial charge in [0.15, 0.2) is 0 Å². The first-order valence-corrected chi connectivity index (χ1v) is 6.26. The molecule has 0 saturated heterocycles. The Bertz CT molecular complexity index is 338. The summed E-state index contributed by atoms with van der Waals surface area (Å²) in [4.78, 5) is 0. The van der Waals surface area contributed by atoms with Crippen LogP contribution in [0.5, 0.6) is 0 Å². The van der Waals surface area contributed by atoms with Gasteiger partial charge in [-0.25, -0.2) is 0 Å².